The Kier molecular flexibility index (Phi) is 2.52. The number of carbonyl (C=O) groups is 1. The van der Waals surface area contributed by atoms with E-state index in [1.165, 1.54) is 16.7 Å². The fourth-order valence-electron chi connectivity index (χ4n) is 2.69. The molecule has 1 heterocycles. The van der Waals surface area contributed by atoms with Crippen LogP contribution in [-0.2, 0) is 4.79 Å². The molecule has 0 spiro atoms. The van der Waals surface area contributed by atoms with Crippen LogP contribution in [0.2, 0.25) is 0 Å². The largest absolute Gasteiger partial charge is 0.332 e. The van der Waals surface area contributed by atoms with Crippen molar-refractivity contribution >= 4 is 12.6 Å². The lowest BCUT2D eigenvalue weighted by Gasteiger charge is -2.20. The van der Waals surface area contributed by atoms with Gasteiger partial charge < -0.3 is 5.32 Å². The van der Waals surface area contributed by atoms with Crippen molar-refractivity contribution in [3.63, 3.8) is 0 Å². The van der Waals surface area contributed by atoms with Gasteiger partial charge in [0.15, 0.2) is 0 Å². The molecule has 3 aliphatic rings. The van der Waals surface area contributed by atoms with E-state index in [-0.39, 0.29) is 0 Å². The molecule has 1 N–H and O–H groups in total. The van der Waals surface area contributed by atoms with Gasteiger partial charge in [-0.15, -0.1) is 0 Å². The summed E-state index contributed by atoms with van der Waals surface area (Å²) in [6, 6.07) is 0. The topological polar surface area (TPSA) is 41.5 Å². The van der Waals surface area contributed by atoms with Crippen LogP contribution in [0.25, 0.3) is 0 Å². The number of allylic oxidation sites excluding steroid dienone is 7. The van der Waals surface area contributed by atoms with Crippen LogP contribution in [0.5, 0.6) is 0 Å². The predicted octanol–water partition coefficient (Wildman–Crippen LogP) is 1.90. The van der Waals surface area contributed by atoms with Crippen molar-refractivity contribution in [2.75, 3.05) is 6.54 Å². The Balaban J connectivity index is 1.92. The van der Waals surface area contributed by atoms with Gasteiger partial charge in [0.05, 0.1) is 6.54 Å². The molecule has 0 saturated carbocycles. The van der Waals surface area contributed by atoms with Gasteiger partial charge in [0.1, 0.15) is 0 Å². The molecule has 0 fully saturated rings. The first kappa shape index (κ1) is 10.3. The number of carbonyl (C=O) groups excluding carboxylic acids is 1. The Morgan fingerprint density at radius 3 is 3.24 bits per heavy atom. The normalized spacial score (nSPS) is 25.8. The van der Waals surface area contributed by atoms with Crippen LogP contribution in [0.15, 0.2) is 51.7 Å². The summed E-state index contributed by atoms with van der Waals surface area (Å²) >= 11 is 0. The molecule has 0 aromatic heterocycles. The zero-order chi connectivity index (χ0) is 11.7. The van der Waals surface area contributed by atoms with Crippen LogP contribution in [0.1, 0.15) is 12.8 Å². The SMILES string of the molecule is O=CNC1=CC=C2C=C3CC=NCC=C3C2C1. The molecule has 1 unspecified atom stereocenters. The summed E-state index contributed by atoms with van der Waals surface area (Å²) in [5.41, 5.74) is 5.13. The molecule has 0 aromatic rings. The van der Waals surface area contributed by atoms with Crippen molar-refractivity contribution in [2.24, 2.45) is 10.9 Å². The van der Waals surface area contributed by atoms with Crippen molar-refractivity contribution in [3.8, 4) is 0 Å². The second-order valence-corrected chi connectivity index (χ2v) is 4.46. The molecule has 2 aliphatic carbocycles. The molecular weight excluding hydrogens is 212 g/mol. The summed E-state index contributed by atoms with van der Waals surface area (Å²) in [6.07, 6.45) is 13.1. The van der Waals surface area contributed by atoms with Gasteiger partial charge >= 0.3 is 0 Å². The van der Waals surface area contributed by atoms with Crippen molar-refractivity contribution < 1.29 is 4.79 Å². The molecule has 3 heteroatoms. The second kappa shape index (κ2) is 4.17. The van der Waals surface area contributed by atoms with E-state index >= 15 is 0 Å². The van der Waals surface area contributed by atoms with E-state index in [1.807, 2.05) is 12.3 Å². The first-order valence-electron chi connectivity index (χ1n) is 5.88. The van der Waals surface area contributed by atoms with E-state index in [9.17, 15) is 4.79 Å². The van der Waals surface area contributed by atoms with Crippen molar-refractivity contribution in [1.82, 2.24) is 5.32 Å². The van der Waals surface area contributed by atoms with Crippen LogP contribution in [0.3, 0.4) is 0 Å². The summed E-state index contributed by atoms with van der Waals surface area (Å²) < 4.78 is 0. The molecule has 1 aliphatic heterocycles. The van der Waals surface area contributed by atoms with Crippen LogP contribution < -0.4 is 5.32 Å². The molecule has 0 bridgehead atoms. The Morgan fingerprint density at radius 2 is 2.35 bits per heavy atom. The summed E-state index contributed by atoms with van der Waals surface area (Å²) in [5, 5.41) is 2.76. The smallest absolute Gasteiger partial charge is 0.211 e. The highest BCUT2D eigenvalue weighted by Gasteiger charge is 2.29. The van der Waals surface area contributed by atoms with E-state index in [1.54, 1.807) is 0 Å². The maximum atomic E-state index is 10.5. The lowest BCUT2D eigenvalue weighted by molar-refractivity contribution is -0.109. The van der Waals surface area contributed by atoms with Crippen LogP contribution >= 0.6 is 0 Å². The summed E-state index contributed by atoms with van der Waals surface area (Å²) in [5.74, 6) is 0.416. The number of hydrogen-bond acceptors (Lipinski definition) is 2. The summed E-state index contributed by atoms with van der Waals surface area (Å²) in [4.78, 5) is 14.8. The van der Waals surface area contributed by atoms with E-state index in [0.717, 1.165) is 31.5 Å². The fourth-order valence-corrected chi connectivity index (χ4v) is 2.69. The average molecular weight is 226 g/mol. The predicted molar refractivity (Wildman–Crippen MR) is 67.6 cm³/mol. The minimum absolute atomic E-state index is 0.416. The van der Waals surface area contributed by atoms with Gasteiger partial charge in [0.25, 0.3) is 0 Å². The standard InChI is InChI=1S/C14H14N2O/c17-9-16-12-2-1-10-7-11-3-5-15-6-4-13(11)14(10)8-12/h1-2,4-5,7,9,14H,3,6,8H2,(H,16,17). The first-order chi connectivity index (χ1) is 8.38. The molecule has 1 atom stereocenters. The highest BCUT2D eigenvalue weighted by Crippen LogP contribution is 2.42. The zero-order valence-electron chi connectivity index (χ0n) is 9.52. The Bertz CT molecular complexity index is 506. The van der Waals surface area contributed by atoms with E-state index in [0.29, 0.717) is 5.92 Å². The van der Waals surface area contributed by atoms with Gasteiger partial charge in [-0.05, 0) is 29.2 Å². The number of aliphatic imine (C=N–C) groups is 1. The van der Waals surface area contributed by atoms with Gasteiger partial charge in [-0.2, -0.15) is 0 Å². The number of nitrogens with zero attached hydrogens (tertiary/aromatic N) is 1. The van der Waals surface area contributed by atoms with Crippen LogP contribution in [-0.4, -0.2) is 19.2 Å². The summed E-state index contributed by atoms with van der Waals surface area (Å²) in [7, 11) is 0. The van der Waals surface area contributed by atoms with Gasteiger partial charge in [-0.25, -0.2) is 0 Å². The highest BCUT2D eigenvalue weighted by molar-refractivity contribution is 5.69. The fraction of sp³-hybridized carbons (Fsp3) is 0.286. The quantitative estimate of drug-likeness (QED) is 0.718. The van der Waals surface area contributed by atoms with Gasteiger partial charge in [0.2, 0.25) is 6.41 Å². The van der Waals surface area contributed by atoms with Crippen molar-refractivity contribution in [1.29, 1.82) is 0 Å². The highest BCUT2D eigenvalue weighted by atomic mass is 16.1. The minimum atomic E-state index is 0.416. The molecular formula is C14H14N2O. The monoisotopic (exact) mass is 226 g/mol. The van der Waals surface area contributed by atoms with Gasteiger partial charge in [-0.3, -0.25) is 9.79 Å². The lowest BCUT2D eigenvalue weighted by Crippen LogP contribution is -2.17. The third-order valence-electron chi connectivity index (χ3n) is 3.49. The van der Waals surface area contributed by atoms with Gasteiger partial charge in [0, 0.05) is 24.3 Å². The Morgan fingerprint density at radius 1 is 1.41 bits per heavy atom. The van der Waals surface area contributed by atoms with Gasteiger partial charge in [-0.1, -0.05) is 18.2 Å². The Labute approximate surface area is 100 Å². The second-order valence-electron chi connectivity index (χ2n) is 4.46. The van der Waals surface area contributed by atoms with Crippen molar-refractivity contribution in [2.45, 2.75) is 12.8 Å². The maximum Gasteiger partial charge on any atom is 0.211 e. The lowest BCUT2D eigenvalue weighted by atomic mass is 9.87. The molecule has 0 saturated heterocycles. The molecule has 86 valence electrons. The summed E-state index contributed by atoms with van der Waals surface area (Å²) in [6.45, 7) is 0.774. The molecule has 3 rings (SSSR count). The first-order valence-corrected chi connectivity index (χ1v) is 5.88. The zero-order valence-corrected chi connectivity index (χ0v) is 9.52. The number of rotatable bonds is 2. The molecule has 0 aromatic carbocycles. The van der Waals surface area contributed by atoms with Crippen molar-refractivity contribution in [3.05, 3.63) is 46.7 Å². The number of hydrogen-bond donors (Lipinski definition) is 1. The molecule has 3 nitrogen and oxygen atoms in total. The Hall–Kier alpha value is -1.90. The number of amides is 1. The maximum absolute atomic E-state index is 10.5. The average Bonchev–Trinajstić information content (AvgIpc) is 2.53. The third kappa shape index (κ3) is 1.78. The molecule has 0 radical (unpaired) electrons. The van der Waals surface area contributed by atoms with E-state index < -0.39 is 0 Å². The molecule has 17 heavy (non-hydrogen) atoms. The van der Waals surface area contributed by atoms with Crippen LogP contribution in [0.4, 0.5) is 0 Å². The van der Waals surface area contributed by atoms with E-state index in [4.69, 9.17) is 0 Å². The third-order valence-corrected chi connectivity index (χ3v) is 3.49. The number of nitrogens with one attached hydrogen (secondary N) is 1. The molecule has 1 amide bonds. The van der Waals surface area contributed by atoms with Crippen LogP contribution in [0, 0.1) is 5.92 Å². The van der Waals surface area contributed by atoms with E-state index in [2.05, 4.69) is 28.5 Å². The number of fused-ring (bicyclic) bond motifs is 3. The minimum Gasteiger partial charge on any atom is -0.332 e.